The smallest absolute Gasteiger partial charge is 0.322 e. The van der Waals surface area contributed by atoms with E-state index >= 15 is 0 Å². The molecule has 0 radical (unpaired) electrons. The third-order valence-electron chi connectivity index (χ3n) is 5.97. The van der Waals surface area contributed by atoms with Gasteiger partial charge < -0.3 is 66.0 Å². The molecule has 1 aliphatic heterocycles. The zero-order valence-corrected chi connectivity index (χ0v) is 27.0. The number of nitrogens with one attached hydrogen (secondary N) is 6. The lowest BCUT2D eigenvalue weighted by Crippen LogP contribution is -2.46. The minimum atomic E-state index is -1.24. The first-order valence-corrected chi connectivity index (χ1v) is 15.3. The number of carbonyl (C=O) groups is 8. The summed E-state index contributed by atoms with van der Waals surface area (Å²) in [7, 11) is 0. The van der Waals surface area contributed by atoms with Gasteiger partial charge in [0, 0.05) is 32.0 Å². The summed E-state index contributed by atoms with van der Waals surface area (Å²) in [6.45, 7) is 0.226. The standard InChI is InChI=1S/C28H45N7O14/c36-20(3-6-35-26(42)1-2-27(35)43)29-5-8-47-10-12-49-14-13-48-11-9-46-7-4-21(37)30-15-22(38)31-16-23(39)32-17-24(40)33-18-25(41)34-19-28(44)45/h1-2,26,42H,3-19H2,(H,29,36)(H,30,37)(H,31,38)(H,32,39)(H,33,40)(H,34,41)(H,44,45). The second-order valence-electron chi connectivity index (χ2n) is 9.88. The number of carboxylic acid groups (broad SMARTS) is 1. The van der Waals surface area contributed by atoms with Crippen molar-refractivity contribution in [1.82, 2.24) is 36.8 Å². The van der Waals surface area contributed by atoms with Crippen LogP contribution in [0, 0.1) is 0 Å². The molecule has 8 N–H and O–H groups in total. The van der Waals surface area contributed by atoms with Gasteiger partial charge in [0.1, 0.15) is 12.8 Å². The monoisotopic (exact) mass is 703 g/mol. The van der Waals surface area contributed by atoms with Gasteiger partial charge in [-0.1, -0.05) is 0 Å². The molecule has 1 aliphatic rings. The molecule has 0 spiro atoms. The van der Waals surface area contributed by atoms with Crippen LogP contribution in [0.2, 0.25) is 0 Å². The maximum absolute atomic E-state index is 11.8. The van der Waals surface area contributed by atoms with Gasteiger partial charge in [0.05, 0.1) is 79.0 Å². The highest BCUT2D eigenvalue weighted by molar-refractivity contribution is 5.92. The van der Waals surface area contributed by atoms with Crippen molar-refractivity contribution in [2.45, 2.75) is 19.1 Å². The molecular formula is C28H45N7O14. The van der Waals surface area contributed by atoms with Crippen LogP contribution in [0.3, 0.4) is 0 Å². The van der Waals surface area contributed by atoms with E-state index in [1.807, 2.05) is 5.32 Å². The van der Waals surface area contributed by atoms with Crippen molar-refractivity contribution in [2.75, 3.05) is 98.7 Å². The lowest BCUT2D eigenvalue weighted by Gasteiger charge is -2.19. The maximum Gasteiger partial charge on any atom is 0.322 e. The quantitative estimate of drug-likeness (QED) is 0.0353. The molecule has 276 valence electrons. The van der Waals surface area contributed by atoms with E-state index in [1.165, 1.54) is 17.1 Å². The van der Waals surface area contributed by atoms with E-state index in [4.69, 9.17) is 24.1 Å². The molecule has 0 aliphatic carbocycles. The third-order valence-corrected chi connectivity index (χ3v) is 5.97. The van der Waals surface area contributed by atoms with Gasteiger partial charge in [-0.2, -0.15) is 0 Å². The van der Waals surface area contributed by atoms with Gasteiger partial charge in [0.2, 0.25) is 41.4 Å². The summed E-state index contributed by atoms with van der Waals surface area (Å²) in [5.74, 6) is -5.03. The fourth-order valence-electron chi connectivity index (χ4n) is 3.47. The van der Waals surface area contributed by atoms with Crippen LogP contribution in [0.1, 0.15) is 12.8 Å². The van der Waals surface area contributed by atoms with Crippen LogP contribution >= 0.6 is 0 Å². The molecule has 0 aromatic carbocycles. The number of hydrogen-bond acceptors (Lipinski definition) is 13. The molecule has 49 heavy (non-hydrogen) atoms. The highest BCUT2D eigenvalue weighted by Crippen LogP contribution is 2.08. The third kappa shape index (κ3) is 23.3. The molecule has 1 rings (SSSR count). The Morgan fingerprint density at radius 1 is 0.571 bits per heavy atom. The molecule has 0 bridgehead atoms. The number of aliphatic hydroxyl groups is 1. The molecule has 21 nitrogen and oxygen atoms in total. The summed E-state index contributed by atoms with van der Waals surface area (Å²) in [5.41, 5.74) is 0. The van der Waals surface area contributed by atoms with Crippen LogP contribution in [0.5, 0.6) is 0 Å². The van der Waals surface area contributed by atoms with Crippen LogP contribution in [0.25, 0.3) is 0 Å². The zero-order chi connectivity index (χ0) is 36.3. The number of hydrogen-bond donors (Lipinski definition) is 8. The van der Waals surface area contributed by atoms with Crippen molar-refractivity contribution < 1.29 is 67.5 Å². The van der Waals surface area contributed by atoms with Crippen molar-refractivity contribution in [3.63, 3.8) is 0 Å². The largest absolute Gasteiger partial charge is 0.480 e. The van der Waals surface area contributed by atoms with Crippen molar-refractivity contribution in [1.29, 1.82) is 0 Å². The first-order valence-electron chi connectivity index (χ1n) is 15.3. The van der Waals surface area contributed by atoms with Gasteiger partial charge in [-0.3, -0.25) is 38.4 Å². The van der Waals surface area contributed by atoms with E-state index < -0.39 is 67.9 Å². The Balaban J connectivity index is 1.86. The fourth-order valence-corrected chi connectivity index (χ4v) is 3.47. The Morgan fingerprint density at radius 2 is 0.980 bits per heavy atom. The fraction of sp³-hybridized carbons (Fsp3) is 0.643. The first-order chi connectivity index (χ1) is 23.5. The van der Waals surface area contributed by atoms with Gasteiger partial charge in [-0.25, -0.2) is 0 Å². The number of nitrogens with zero attached hydrogens (tertiary/aromatic N) is 1. The molecule has 0 saturated carbocycles. The predicted molar refractivity (Wildman–Crippen MR) is 165 cm³/mol. The van der Waals surface area contributed by atoms with Gasteiger partial charge in [0.25, 0.3) is 0 Å². The first kappa shape index (κ1) is 42.3. The highest BCUT2D eigenvalue weighted by Gasteiger charge is 2.23. The van der Waals surface area contributed by atoms with Crippen LogP contribution in [-0.4, -0.2) is 167 Å². The zero-order valence-electron chi connectivity index (χ0n) is 27.0. The number of carbonyl (C=O) groups excluding carboxylic acids is 7. The molecule has 7 amide bonds. The highest BCUT2D eigenvalue weighted by atomic mass is 16.6. The van der Waals surface area contributed by atoms with Gasteiger partial charge in [0.15, 0.2) is 0 Å². The molecule has 0 aromatic heterocycles. The summed E-state index contributed by atoms with van der Waals surface area (Å²) >= 11 is 0. The van der Waals surface area contributed by atoms with Crippen molar-refractivity contribution >= 4 is 47.3 Å². The average molecular weight is 704 g/mol. The number of ether oxygens (including phenoxy) is 4. The van der Waals surface area contributed by atoms with E-state index in [1.54, 1.807) is 0 Å². The van der Waals surface area contributed by atoms with Gasteiger partial charge in [-0.05, 0) is 6.08 Å². The summed E-state index contributed by atoms with van der Waals surface area (Å²) < 4.78 is 21.4. The maximum atomic E-state index is 11.8. The minimum absolute atomic E-state index is 0.00847. The van der Waals surface area contributed by atoms with Crippen molar-refractivity contribution in [2.24, 2.45) is 0 Å². The Labute approximate surface area is 281 Å². The molecule has 1 unspecified atom stereocenters. The summed E-state index contributed by atoms with van der Waals surface area (Å²) in [6.07, 6.45) is 1.69. The van der Waals surface area contributed by atoms with E-state index in [9.17, 15) is 43.5 Å². The van der Waals surface area contributed by atoms with Crippen molar-refractivity contribution in [3.05, 3.63) is 12.2 Å². The van der Waals surface area contributed by atoms with Crippen LogP contribution in [0.15, 0.2) is 12.2 Å². The SMILES string of the molecule is O=C(O)CNC(=O)CNC(=O)CNC(=O)CNC(=O)CNC(=O)CCOCCOCCOCCOCCNC(=O)CCN1C(=O)C=CC1O. The minimum Gasteiger partial charge on any atom is -0.480 e. The molecule has 0 aromatic rings. The average Bonchev–Trinajstić information content (AvgIpc) is 3.39. The number of carboxylic acids is 1. The second-order valence-corrected chi connectivity index (χ2v) is 9.88. The molecule has 0 fully saturated rings. The molecule has 0 saturated heterocycles. The Bertz CT molecular complexity index is 1140. The van der Waals surface area contributed by atoms with Crippen LogP contribution in [0.4, 0.5) is 0 Å². The number of aliphatic hydroxyl groups excluding tert-OH is 1. The lowest BCUT2D eigenvalue weighted by atomic mass is 10.3. The number of rotatable bonds is 28. The Hall–Kier alpha value is -4.70. The molecule has 1 heterocycles. The molecular weight excluding hydrogens is 658 g/mol. The van der Waals surface area contributed by atoms with E-state index in [0.717, 1.165) is 0 Å². The van der Waals surface area contributed by atoms with Gasteiger partial charge in [-0.15, -0.1) is 0 Å². The summed E-state index contributed by atoms with van der Waals surface area (Å²) in [6, 6.07) is 0. The lowest BCUT2D eigenvalue weighted by molar-refractivity contribution is -0.138. The summed E-state index contributed by atoms with van der Waals surface area (Å²) in [5, 5.41) is 31.8. The van der Waals surface area contributed by atoms with Crippen molar-refractivity contribution in [3.8, 4) is 0 Å². The second kappa shape index (κ2) is 26.3. The van der Waals surface area contributed by atoms with E-state index in [-0.39, 0.29) is 64.2 Å². The number of amides is 7. The number of aliphatic carboxylic acids is 1. The summed E-state index contributed by atoms with van der Waals surface area (Å²) in [4.78, 5) is 93.1. The van der Waals surface area contributed by atoms with Gasteiger partial charge >= 0.3 is 5.97 Å². The van der Waals surface area contributed by atoms with Crippen LogP contribution < -0.4 is 31.9 Å². The van der Waals surface area contributed by atoms with E-state index in [2.05, 4.69) is 26.6 Å². The Kier molecular flexibility index (Phi) is 22.7. The molecule has 21 heteroatoms. The normalized spacial score (nSPS) is 13.4. The topological polar surface area (TPSA) is 289 Å². The predicted octanol–water partition coefficient (Wildman–Crippen LogP) is -5.67. The van der Waals surface area contributed by atoms with Crippen LogP contribution in [-0.2, 0) is 57.3 Å². The van der Waals surface area contributed by atoms with E-state index in [0.29, 0.717) is 33.0 Å². The molecule has 1 atom stereocenters. The Morgan fingerprint density at radius 3 is 1.43 bits per heavy atom.